The molecule has 1 aliphatic heterocycles. The Balaban J connectivity index is 2.18. The summed E-state index contributed by atoms with van der Waals surface area (Å²) in [5.74, 6) is 1.23. The van der Waals surface area contributed by atoms with Crippen LogP contribution in [0.2, 0.25) is 0 Å². The molecule has 0 bridgehead atoms. The normalized spacial score (nSPS) is 22.1. The molecule has 1 aliphatic rings. The molecule has 2 atom stereocenters. The second-order valence-corrected chi connectivity index (χ2v) is 7.57. The van der Waals surface area contributed by atoms with Crippen LogP contribution in [-0.2, 0) is 9.84 Å². The summed E-state index contributed by atoms with van der Waals surface area (Å²) < 4.78 is 28.2. The van der Waals surface area contributed by atoms with Crippen LogP contribution in [0.15, 0.2) is 24.3 Å². The van der Waals surface area contributed by atoms with Crippen molar-refractivity contribution in [2.45, 2.75) is 19.0 Å². The van der Waals surface area contributed by atoms with Crippen molar-refractivity contribution in [3.05, 3.63) is 29.8 Å². The molecule has 2 rings (SSSR count). The third-order valence-electron chi connectivity index (χ3n) is 3.73. The van der Waals surface area contributed by atoms with Gasteiger partial charge in [0, 0.05) is 25.2 Å². The second kappa shape index (κ2) is 6.11. The third kappa shape index (κ3) is 3.50. The largest absolute Gasteiger partial charge is 0.497 e. The minimum absolute atomic E-state index is 0.0383. The standard InChI is InChI=1S/C14H22N2O3S/c1-11(15)14(12-3-5-13(19-2)6-4-12)16-7-9-20(17,18)10-8-16/h3-6,11,14H,7-10,15H2,1-2H3. The van der Waals surface area contributed by atoms with E-state index in [1.54, 1.807) is 7.11 Å². The third-order valence-corrected chi connectivity index (χ3v) is 5.34. The maximum atomic E-state index is 11.5. The van der Waals surface area contributed by atoms with Gasteiger partial charge in [0.25, 0.3) is 0 Å². The van der Waals surface area contributed by atoms with E-state index >= 15 is 0 Å². The average Bonchev–Trinajstić information content (AvgIpc) is 2.41. The van der Waals surface area contributed by atoms with E-state index < -0.39 is 9.84 Å². The predicted octanol–water partition coefficient (Wildman–Crippen LogP) is 0.814. The number of hydrogen-bond acceptors (Lipinski definition) is 5. The molecular formula is C14H22N2O3S. The molecule has 5 nitrogen and oxygen atoms in total. The van der Waals surface area contributed by atoms with Gasteiger partial charge in [0.05, 0.1) is 18.6 Å². The molecule has 6 heteroatoms. The van der Waals surface area contributed by atoms with E-state index in [1.165, 1.54) is 0 Å². The first-order valence-corrected chi connectivity index (χ1v) is 8.59. The highest BCUT2D eigenvalue weighted by atomic mass is 32.2. The van der Waals surface area contributed by atoms with Crippen molar-refractivity contribution < 1.29 is 13.2 Å². The molecule has 20 heavy (non-hydrogen) atoms. The summed E-state index contributed by atoms with van der Waals surface area (Å²) in [7, 11) is -1.24. The molecule has 1 saturated heterocycles. The number of nitrogens with two attached hydrogens (primary N) is 1. The fourth-order valence-electron chi connectivity index (χ4n) is 2.65. The van der Waals surface area contributed by atoms with Gasteiger partial charge in [0.15, 0.2) is 9.84 Å². The van der Waals surface area contributed by atoms with Gasteiger partial charge in [0.2, 0.25) is 0 Å². The molecule has 2 N–H and O–H groups in total. The van der Waals surface area contributed by atoms with E-state index in [4.69, 9.17) is 10.5 Å². The fraction of sp³-hybridized carbons (Fsp3) is 0.571. The van der Waals surface area contributed by atoms with Crippen LogP contribution in [-0.4, -0.2) is 51.1 Å². The molecule has 0 aromatic heterocycles. The summed E-state index contributed by atoms with van der Waals surface area (Å²) in [5.41, 5.74) is 7.21. The topological polar surface area (TPSA) is 72.6 Å². The van der Waals surface area contributed by atoms with E-state index in [1.807, 2.05) is 31.2 Å². The van der Waals surface area contributed by atoms with Gasteiger partial charge in [-0.3, -0.25) is 4.90 Å². The summed E-state index contributed by atoms with van der Waals surface area (Å²) >= 11 is 0. The Morgan fingerprint density at radius 3 is 2.20 bits per heavy atom. The van der Waals surface area contributed by atoms with Crippen molar-refractivity contribution in [1.82, 2.24) is 4.90 Å². The quantitative estimate of drug-likeness (QED) is 0.890. The molecule has 1 aromatic rings. The molecule has 0 radical (unpaired) electrons. The van der Waals surface area contributed by atoms with Gasteiger partial charge in [-0.15, -0.1) is 0 Å². The van der Waals surface area contributed by atoms with Crippen molar-refractivity contribution >= 4 is 9.84 Å². The maximum absolute atomic E-state index is 11.5. The maximum Gasteiger partial charge on any atom is 0.152 e. The monoisotopic (exact) mass is 298 g/mol. The van der Waals surface area contributed by atoms with Crippen LogP contribution in [0, 0.1) is 0 Å². The SMILES string of the molecule is COc1ccc(C(C(C)N)N2CCS(=O)(=O)CC2)cc1. The Morgan fingerprint density at radius 2 is 1.75 bits per heavy atom. The Morgan fingerprint density at radius 1 is 1.20 bits per heavy atom. The summed E-state index contributed by atoms with van der Waals surface area (Å²) in [6.07, 6.45) is 0. The molecule has 0 aliphatic carbocycles. The van der Waals surface area contributed by atoms with Crippen LogP contribution in [0.25, 0.3) is 0 Å². The number of methoxy groups -OCH3 is 1. The highest BCUT2D eigenvalue weighted by Crippen LogP contribution is 2.26. The zero-order valence-corrected chi connectivity index (χ0v) is 12.8. The molecule has 112 valence electrons. The summed E-state index contributed by atoms with van der Waals surface area (Å²) in [6.45, 7) is 3.04. The molecule has 1 heterocycles. The van der Waals surface area contributed by atoms with Gasteiger partial charge in [-0.1, -0.05) is 12.1 Å². The minimum Gasteiger partial charge on any atom is -0.497 e. The zero-order valence-electron chi connectivity index (χ0n) is 12.0. The summed E-state index contributed by atoms with van der Waals surface area (Å²) in [6, 6.07) is 7.78. The first-order chi connectivity index (χ1) is 9.43. The van der Waals surface area contributed by atoms with E-state index in [2.05, 4.69) is 4.90 Å². The Kier molecular flexibility index (Phi) is 4.67. The average molecular weight is 298 g/mol. The van der Waals surface area contributed by atoms with Gasteiger partial charge >= 0.3 is 0 Å². The Bertz CT molecular complexity index is 526. The number of benzene rings is 1. The number of nitrogens with zero attached hydrogens (tertiary/aromatic N) is 1. The number of hydrogen-bond donors (Lipinski definition) is 1. The van der Waals surface area contributed by atoms with Crippen molar-refractivity contribution in [2.24, 2.45) is 5.73 Å². The van der Waals surface area contributed by atoms with Gasteiger partial charge in [-0.25, -0.2) is 8.42 Å². The van der Waals surface area contributed by atoms with E-state index in [0.717, 1.165) is 11.3 Å². The first-order valence-electron chi connectivity index (χ1n) is 6.77. The van der Waals surface area contributed by atoms with Crippen molar-refractivity contribution in [3.63, 3.8) is 0 Å². The number of ether oxygens (including phenoxy) is 1. The molecule has 0 saturated carbocycles. The first kappa shape index (κ1) is 15.3. The zero-order chi connectivity index (χ0) is 14.8. The molecule has 0 amide bonds. The molecule has 2 unspecified atom stereocenters. The molecule has 1 aromatic carbocycles. The minimum atomic E-state index is -2.87. The van der Waals surface area contributed by atoms with Crippen molar-refractivity contribution in [2.75, 3.05) is 31.7 Å². The van der Waals surface area contributed by atoms with Crippen LogP contribution >= 0.6 is 0 Å². The molecular weight excluding hydrogens is 276 g/mol. The lowest BCUT2D eigenvalue weighted by molar-refractivity contribution is 0.191. The van der Waals surface area contributed by atoms with E-state index in [0.29, 0.717) is 13.1 Å². The van der Waals surface area contributed by atoms with Crippen LogP contribution in [0.1, 0.15) is 18.5 Å². The van der Waals surface area contributed by atoms with Gasteiger partial charge in [0.1, 0.15) is 5.75 Å². The van der Waals surface area contributed by atoms with Crippen LogP contribution in [0.4, 0.5) is 0 Å². The van der Waals surface area contributed by atoms with Crippen LogP contribution < -0.4 is 10.5 Å². The van der Waals surface area contributed by atoms with E-state index in [-0.39, 0.29) is 23.6 Å². The van der Waals surface area contributed by atoms with E-state index in [9.17, 15) is 8.42 Å². The Hall–Kier alpha value is -1.11. The fourth-order valence-corrected chi connectivity index (χ4v) is 3.88. The van der Waals surface area contributed by atoms with Gasteiger partial charge in [-0.05, 0) is 24.6 Å². The molecule has 1 fully saturated rings. The van der Waals surface area contributed by atoms with Crippen molar-refractivity contribution in [1.29, 1.82) is 0 Å². The number of sulfone groups is 1. The summed E-state index contributed by atoms with van der Waals surface area (Å²) in [4.78, 5) is 2.16. The highest BCUT2D eigenvalue weighted by molar-refractivity contribution is 7.91. The molecule has 0 spiro atoms. The van der Waals surface area contributed by atoms with Gasteiger partial charge < -0.3 is 10.5 Å². The lowest BCUT2D eigenvalue weighted by atomic mass is 9.99. The highest BCUT2D eigenvalue weighted by Gasteiger charge is 2.29. The van der Waals surface area contributed by atoms with Crippen molar-refractivity contribution in [3.8, 4) is 5.75 Å². The second-order valence-electron chi connectivity index (χ2n) is 5.26. The van der Waals surface area contributed by atoms with Crippen LogP contribution in [0.5, 0.6) is 5.75 Å². The van der Waals surface area contributed by atoms with Gasteiger partial charge in [-0.2, -0.15) is 0 Å². The lowest BCUT2D eigenvalue weighted by Crippen LogP contribution is -2.47. The van der Waals surface area contributed by atoms with Crippen LogP contribution in [0.3, 0.4) is 0 Å². The number of rotatable bonds is 4. The smallest absolute Gasteiger partial charge is 0.152 e. The lowest BCUT2D eigenvalue weighted by Gasteiger charge is -2.36. The Labute approximate surface area is 120 Å². The predicted molar refractivity (Wildman–Crippen MR) is 79.6 cm³/mol. The summed E-state index contributed by atoms with van der Waals surface area (Å²) in [5, 5.41) is 0.